The zero-order chi connectivity index (χ0) is 13.8. The average Bonchev–Trinajstić information content (AvgIpc) is 2.47. The number of amides is 1. The average molecular weight is 265 g/mol. The highest BCUT2D eigenvalue weighted by Gasteiger charge is 2.38. The molecule has 1 aliphatic carbocycles. The number of nitrogens with one attached hydrogen (secondary N) is 1. The molecular weight excluding hydrogens is 246 g/mol. The van der Waals surface area contributed by atoms with E-state index in [0.29, 0.717) is 0 Å². The van der Waals surface area contributed by atoms with E-state index in [-0.39, 0.29) is 11.4 Å². The predicted molar refractivity (Wildman–Crippen MR) is 80.6 cm³/mol. The fourth-order valence-electron chi connectivity index (χ4n) is 2.84. The molecule has 1 saturated carbocycles. The molecule has 1 N–H and O–H groups in total. The minimum absolute atomic E-state index is 0.0428. The van der Waals surface area contributed by atoms with Crippen molar-refractivity contribution in [3.8, 4) is 0 Å². The molecule has 0 aliphatic heterocycles. The van der Waals surface area contributed by atoms with E-state index in [1.54, 1.807) is 0 Å². The van der Waals surface area contributed by atoms with Gasteiger partial charge in [-0.3, -0.25) is 4.79 Å². The van der Waals surface area contributed by atoms with Crippen LogP contribution < -0.4 is 5.32 Å². The molecule has 0 radical (unpaired) electrons. The number of hydrogen-bond donors (Lipinski definition) is 1. The summed E-state index contributed by atoms with van der Waals surface area (Å²) in [6.07, 6.45) is 4.26. The summed E-state index contributed by atoms with van der Waals surface area (Å²) in [6.45, 7) is 0. The lowest BCUT2D eigenvalue weighted by molar-refractivity contribution is 0.0827. The lowest BCUT2D eigenvalue weighted by Gasteiger charge is -2.43. The van der Waals surface area contributed by atoms with Crippen molar-refractivity contribution in [2.24, 2.45) is 0 Å². The Kier molecular flexibility index (Phi) is 3.55. The Bertz CT molecular complexity index is 573. The molecule has 0 bridgehead atoms. The molecule has 0 unspecified atom stereocenters. The molecule has 0 spiro atoms. The first-order chi connectivity index (χ1) is 9.77. The smallest absolute Gasteiger partial charge is 0.251 e. The third kappa shape index (κ3) is 2.74. The van der Waals surface area contributed by atoms with Crippen molar-refractivity contribution in [3.63, 3.8) is 0 Å². The van der Waals surface area contributed by atoms with E-state index in [2.05, 4.69) is 29.6 Å². The van der Waals surface area contributed by atoms with Crippen molar-refractivity contribution in [2.45, 2.75) is 31.2 Å². The molecule has 2 aromatic carbocycles. The number of benzene rings is 2. The minimum Gasteiger partial charge on any atom is -0.346 e. The molecule has 0 aromatic heterocycles. The van der Waals surface area contributed by atoms with Crippen LogP contribution >= 0.6 is 0 Å². The van der Waals surface area contributed by atoms with Gasteiger partial charge in [-0.25, -0.2) is 0 Å². The summed E-state index contributed by atoms with van der Waals surface area (Å²) in [5.41, 5.74) is 1.99. The first-order valence-corrected chi connectivity index (χ1v) is 7.19. The second-order valence-corrected chi connectivity index (χ2v) is 5.62. The maximum absolute atomic E-state index is 12.3. The number of rotatable bonds is 4. The van der Waals surface area contributed by atoms with E-state index in [4.69, 9.17) is 0 Å². The molecule has 1 aliphatic rings. The van der Waals surface area contributed by atoms with Crippen molar-refractivity contribution < 1.29 is 4.79 Å². The monoisotopic (exact) mass is 265 g/mol. The quantitative estimate of drug-likeness (QED) is 0.899. The SMILES string of the molecule is O=C(NC1(Cc2ccccc2)CCC1)c1ccccc1. The molecule has 2 aromatic rings. The predicted octanol–water partition coefficient (Wildman–Crippen LogP) is 3.58. The molecule has 1 fully saturated rings. The van der Waals surface area contributed by atoms with Crippen LogP contribution in [0.4, 0.5) is 0 Å². The van der Waals surface area contributed by atoms with Gasteiger partial charge in [-0.1, -0.05) is 48.5 Å². The Morgan fingerprint density at radius 2 is 1.55 bits per heavy atom. The Morgan fingerprint density at radius 1 is 0.950 bits per heavy atom. The highest BCUT2D eigenvalue weighted by molar-refractivity contribution is 5.94. The topological polar surface area (TPSA) is 29.1 Å². The van der Waals surface area contributed by atoms with E-state index in [0.717, 1.165) is 24.8 Å². The third-order valence-electron chi connectivity index (χ3n) is 4.11. The van der Waals surface area contributed by atoms with E-state index >= 15 is 0 Å². The van der Waals surface area contributed by atoms with Crippen LogP contribution in [0, 0.1) is 0 Å². The van der Waals surface area contributed by atoms with Crippen LogP contribution in [0.1, 0.15) is 35.2 Å². The number of carbonyl (C=O) groups is 1. The fraction of sp³-hybridized carbons (Fsp3) is 0.278. The van der Waals surface area contributed by atoms with Crippen LogP contribution in [0.25, 0.3) is 0 Å². The van der Waals surface area contributed by atoms with Gasteiger partial charge in [0.05, 0.1) is 0 Å². The molecule has 20 heavy (non-hydrogen) atoms. The third-order valence-corrected chi connectivity index (χ3v) is 4.11. The van der Waals surface area contributed by atoms with Crippen molar-refractivity contribution in [1.82, 2.24) is 5.32 Å². The first kappa shape index (κ1) is 12.9. The second-order valence-electron chi connectivity index (χ2n) is 5.62. The largest absolute Gasteiger partial charge is 0.346 e. The molecule has 1 amide bonds. The van der Waals surface area contributed by atoms with E-state index in [9.17, 15) is 4.79 Å². The second kappa shape index (κ2) is 5.49. The maximum Gasteiger partial charge on any atom is 0.251 e. The van der Waals surface area contributed by atoms with Crippen LogP contribution in [-0.2, 0) is 6.42 Å². The Labute approximate surface area is 119 Å². The normalized spacial score (nSPS) is 16.2. The summed E-state index contributed by atoms with van der Waals surface area (Å²) >= 11 is 0. The van der Waals surface area contributed by atoms with Gasteiger partial charge in [-0.2, -0.15) is 0 Å². The standard InChI is InChI=1S/C18H19NO/c20-17(16-10-5-2-6-11-16)19-18(12-7-13-18)14-15-8-3-1-4-9-15/h1-6,8-11H,7,12-14H2,(H,19,20). The molecule has 0 atom stereocenters. The van der Waals surface area contributed by atoms with Gasteiger partial charge in [0.25, 0.3) is 5.91 Å². The zero-order valence-electron chi connectivity index (χ0n) is 11.5. The molecule has 0 saturated heterocycles. The van der Waals surface area contributed by atoms with Crippen LogP contribution in [-0.4, -0.2) is 11.4 Å². The minimum atomic E-state index is -0.0473. The first-order valence-electron chi connectivity index (χ1n) is 7.19. The van der Waals surface area contributed by atoms with E-state index < -0.39 is 0 Å². The Morgan fingerprint density at radius 3 is 2.10 bits per heavy atom. The summed E-state index contributed by atoms with van der Waals surface area (Å²) < 4.78 is 0. The highest BCUT2D eigenvalue weighted by atomic mass is 16.1. The molecule has 3 rings (SSSR count). The van der Waals surface area contributed by atoms with Gasteiger partial charge < -0.3 is 5.32 Å². The van der Waals surface area contributed by atoms with Gasteiger partial charge in [0.1, 0.15) is 0 Å². The summed E-state index contributed by atoms with van der Waals surface area (Å²) in [7, 11) is 0. The summed E-state index contributed by atoms with van der Waals surface area (Å²) in [5.74, 6) is 0.0428. The van der Waals surface area contributed by atoms with Gasteiger partial charge in [0, 0.05) is 11.1 Å². The van der Waals surface area contributed by atoms with Crippen LogP contribution in [0.5, 0.6) is 0 Å². The molecule has 102 valence electrons. The molecular formula is C18H19NO. The van der Waals surface area contributed by atoms with E-state index in [1.807, 2.05) is 36.4 Å². The lowest BCUT2D eigenvalue weighted by Crippen LogP contribution is -2.55. The van der Waals surface area contributed by atoms with Crippen molar-refractivity contribution in [1.29, 1.82) is 0 Å². The van der Waals surface area contributed by atoms with E-state index in [1.165, 1.54) is 12.0 Å². The van der Waals surface area contributed by atoms with Gasteiger partial charge >= 0.3 is 0 Å². The van der Waals surface area contributed by atoms with Crippen LogP contribution in [0.15, 0.2) is 60.7 Å². The summed E-state index contributed by atoms with van der Waals surface area (Å²) in [4.78, 5) is 12.3. The maximum atomic E-state index is 12.3. The van der Waals surface area contributed by atoms with Gasteiger partial charge in [-0.05, 0) is 43.4 Å². The van der Waals surface area contributed by atoms with Gasteiger partial charge in [-0.15, -0.1) is 0 Å². The van der Waals surface area contributed by atoms with Crippen molar-refractivity contribution in [2.75, 3.05) is 0 Å². The molecule has 2 nitrogen and oxygen atoms in total. The molecule has 2 heteroatoms. The number of hydrogen-bond acceptors (Lipinski definition) is 1. The van der Waals surface area contributed by atoms with Crippen LogP contribution in [0.2, 0.25) is 0 Å². The lowest BCUT2D eigenvalue weighted by atomic mass is 9.72. The van der Waals surface area contributed by atoms with Gasteiger partial charge in [0.2, 0.25) is 0 Å². The molecule has 0 heterocycles. The summed E-state index contributed by atoms with van der Waals surface area (Å²) in [5, 5.41) is 3.26. The Hall–Kier alpha value is -2.09. The number of carbonyl (C=O) groups excluding carboxylic acids is 1. The fourth-order valence-corrected chi connectivity index (χ4v) is 2.84. The highest BCUT2D eigenvalue weighted by Crippen LogP contribution is 2.35. The zero-order valence-corrected chi connectivity index (χ0v) is 11.5. The van der Waals surface area contributed by atoms with Crippen molar-refractivity contribution in [3.05, 3.63) is 71.8 Å². The van der Waals surface area contributed by atoms with Crippen LogP contribution in [0.3, 0.4) is 0 Å². The van der Waals surface area contributed by atoms with Gasteiger partial charge in [0.15, 0.2) is 0 Å². The van der Waals surface area contributed by atoms with Crippen molar-refractivity contribution >= 4 is 5.91 Å². The Balaban J connectivity index is 1.72. The summed E-state index contributed by atoms with van der Waals surface area (Å²) in [6, 6.07) is 19.9.